The molecule has 0 fully saturated rings. The lowest BCUT2D eigenvalue weighted by Crippen LogP contribution is -2.10. The lowest BCUT2D eigenvalue weighted by Gasteiger charge is -2.12. The molecule has 2 heterocycles. The van der Waals surface area contributed by atoms with E-state index in [1.165, 1.54) is 11.1 Å². The fourth-order valence-electron chi connectivity index (χ4n) is 1.95. The van der Waals surface area contributed by atoms with Crippen molar-refractivity contribution < 1.29 is 0 Å². The summed E-state index contributed by atoms with van der Waals surface area (Å²) in [5.74, 6) is 1.90. The van der Waals surface area contributed by atoms with Crippen molar-refractivity contribution in [1.82, 2.24) is 19.7 Å². The largest absolute Gasteiger partial charge is 0.368 e. The third-order valence-corrected chi connectivity index (χ3v) is 3.41. The first kappa shape index (κ1) is 13.5. The van der Waals surface area contributed by atoms with Gasteiger partial charge < -0.3 is 9.88 Å². The van der Waals surface area contributed by atoms with E-state index >= 15 is 0 Å². The van der Waals surface area contributed by atoms with Crippen LogP contribution in [-0.4, -0.2) is 26.3 Å². The van der Waals surface area contributed by atoms with Gasteiger partial charge in [-0.2, -0.15) is 5.10 Å². The molecule has 0 radical (unpaired) electrons. The van der Waals surface area contributed by atoms with E-state index in [1.807, 2.05) is 24.0 Å². The molecule has 2 aromatic rings. The van der Waals surface area contributed by atoms with Crippen LogP contribution < -0.4 is 5.32 Å². The van der Waals surface area contributed by atoms with E-state index in [9.17, 15) is 0 Å². The normalized spacial score (nSPS) is 10.7. The summed E-state index contributed by atoms with van der Waals surface area (Å²) in [6.45, 7) is 7.25. The number of imidazole rings is 1. The Bertz CT molecular complexity index is 559. The Morgan fingerprint density at radius 3 is 2.63 bits per heavy atom. The van der Waals surface area contributed by atoms with Gasteiger partial charge >= 0.3 is 0 Å². The summed E-state index contributed by atoms with van der Waals surface area (Å²) in [4.78, 5) is 4.33. The first-order valence-corrected chi connectivity index (χ1v) is 6.66. The van der Waals surface area contributed by atoms with Gasteiger partial charge in [0.15, 0.2) is 5.82 Å². The Morgan fingerprint density at radius 1 is 1.21 bits per heavy atom. The molecule has 0 aromatic carbocycles. The van der Waals surface area contributed by atoms with E-state index in [-0.39, 0.29) is 0 Å². The molecular formula is C14H21N5. The molecular weight excluding hydrogens is 238 g/mol. The molecule has 19 heavy (non-hydrogen) atoms. The average Bonchev–Trinajstić information content (AvgIpc) is 2.80. The first-order valence-electron chi connectivity index (χ1n) is 6.66. The Kier molecular flexibility index (Phi) is 4.14. The first-order chi connectivity index (χ1) is 9.13. The Labute approximate surface area is 114 Å². The van der Waals surface area contributed by atoms with Crippen LogP contribution in [0.25, 0.3) is 0 Å². The summed E-state index contributed by atoms with van der Waals surface area (Å²) in [6.07, 6.45) is 5.55. The van der Waals surface area contributed by atoms with Crippen LogP contribution in [0.1, 0.15) is 36.0 Å². The van der Waals surface area contributed by atoms with Crippen LogP contribution in [0.3, 0.4) is 0 Å². The van der Waals surface area contributed by atoms with Gasteiger partial charge in [-0.05, 0) is 31.4 Å². The maximum atomic E-state index is 4.34. The molecule has 0 aliphatic carbocycles. The minimum Gasteiger partial charge on any atom is -0.368 e. The number of anilines is 1. The van der Waals surface area contributed by atoms with Crippen LogP contribution in [-0.2, 0) is 13.5 Å². The molecule has 0 unspecified atom stereocenters. The van der Waals surface area contributed by atoms with E-state index < -0.39 is 0 Å². The van der Waals surface area contributed by atoms with Crippen molar-refractivity contribution in [1.29, 1.82) is 0 Å². The van der Waals surface area contributed by atoms with E-state index in [1.54, 1.807) is 0 Å². The third-order valence-electron chi connectivity index (χ3n) is 3.41. The van der Waals surface area contributed by atoms with E-state index in [4.69, 9.17) is 0 Å². The minimum absolute atomic E-state index is 0.719. The molecule has 2 rings (SSSR count). The molecule has 2 aromatic heterocycles. The van der Waals surface area contributed by atoms with Crippen molar-refractivity contribution in [3.63, 3.8) is 0 Å². The number of aryl methyl sites for hydroxylation is 1. The van der Waals surface area contributed by atoms with Gasteiger partial charge in [-0.3, -0.25) is 0 Å². The zero-order valence-corrected chi connectivity index (χ0v) is 12.1. The van der Waals surface area contributed by atoms with Gasteiger partial charge in [-0.15, -0.1) is 5.10 Å². The summed E-state index contributed by atoms with van der Waals surface area (Å²) in [5.41, 5.74) is 3.36. The SMILES string of the molecule is CCCNc1nnc(Cc2nccn2C)c(C)c1C. The van der Waals surface area contributed by atoms with Crippen molar-refractivity contribution >= 4 is 5.82 Å². The molecule has 0 aliphatic rings. The molecule has 102 valence electrons. The van der Waals surface area contributed by atoms with E-state index in [2.05, 4.69) is 41.3 Å². The molecule has 0 spiro atoms. The van der Waals surface area contributed by atoms with Crippen molar-refractivity contribution in [2.24, 2.45) is 7.05 Å². The molecule has 0 aliphatic heterocycles. The van der Waals surface area contributed by atoms with Crippen molar-refractivity contribution in [3.8, 4) is 0 Å². The third kappa shape index (κ3) is 2.92. The highest BCUT2D eigenvalue weighted by molar-refractivity contribution is 5.47. The summed E-state index contributed by atoms with van der Waals surface area (Å²) in [5, 5.41) is 11.9. The second-order valence-corrected chi connectivity index (χ2v) is 4.80. The van der Waals surface area contributed by atoms with E-state index in [0.29, 0.717) is 0 Å². The van der Waals surface area contributed by atoms with Crippen molar-refractivity contribution in [2.45, 2.75) is 33.6 Å². The number of hydrogen-bond donors (Lipinski definition) is 1. The van der Waals surface area contributed by atoms with Crippen LogP contribution in [0, 0.1) is 13.8 Å². The molecule has 0 bridgehead atoms. The summed E-state index contributed by atoms with van der Waals surface area (Å²) in [7, 11) is 2.00. The number of nitrogens with one attached hydrogen (secondary N) is 1. The van der Waals surface area contributed by atoms with Crippen molar-refractivity contribution in [3.05, 3.63) is 35.0 Å². The summed E-state index contributed by atoms with van der Waals surface area (Å²) >= 11 is 0. The smallest absolute Gasteiger partial charge is 0.151 e. The van der Waals surface area contributed by atoms with Gasteiger partial charge in [-0.1, -0.05) is 6.92 Å². The molecule has 0 saturated carbocycles. The van der Waals surface area contributed by atoms with Gasteiger partial charge in [0, 0.05) is 26.0 Å². The lowest BCUT2D eigenvalue weighted by atomic mass is 10.1. The van der Waals surface area contributed by atoms with Crippen molar-refractivity contribution in [2.75, 3.05) is 11.9 Å². The molecule has 5 nitrogen and oxygen atoms in total. The zero-order valence-electron chi connectivity index (χ0n) is 12.1. The Morgan fingerprint density at radius 2 is 2.00 bits per heavy atom. The number of hydrogen-bond acceptors (Lipinski definition) is 4. The highest BCUT2D eigenvalue weighted by atomic mass is 15.2. The second kappa shape index (κ2) is 5.82. The van der Waals surface area contributed by atoms with Crippen LogP contribution in [0.15, 0.2) is 12.4 Å². The minimum atomic E-state index is 0.719. The highest BCUT2D eigenvalue weighted by Gasteiger charge is 2.11. The Hall–Kier alpha value is -1.91. The highest BCUT2D eigenvalue weighted by Crippen LogP contribution is 2.19. The van der Waals surface area contributed by atoms with Crippen LogP contribution in [0.5, 0.6) is 0 Å². The lowest BCUT2D eigenvalue weighted by molar-refractivity contribution is 0.790. The molecule has 0 saturated heterocycles. The predicted molar refractivity (Wildman–Crippen MR) is 76.3 cm³/mol. The standard InChI is InChI=1S/C14H21N5/c1-5-6-16-14-11(3)10(2)12(17-18-14)9-13-15-7-8-19(13)4/h7-8H,5-6,9H2,1-4H3,(H,16,18). The summed E-state index contributed by atoms with van der Waals surface area (Å²) in [6, 6.07) is 0. The zero-order chi connectivity index (χ0) is 13.8. The Balaban J connectivity index is 2.23. The van der Waals surface area contributed by atoms with Gasteiger partial charge in [0.1, 0.15) is 5.82 Å². The maximum absolute atomic E-state index is 4.34. The van der Waals surface area contributed by atoms with Crippen LogP contribution in [0.4, 0.5) is 5.82 Å². The van der Waals surface area contributed by atoms with Crippen LogP contribution >= 0.6 is 0 Å². The number of rotatable bonds is 5. The van der Waals surface area contributed by atoms with Gasteiger partial charge in [-0.25, -0.2) is 4.98 Å². The fourth-order valence-corrected chi connectivity index (χ4v) is 1.95. The topological polar surface area (TPSA) is 55.6 Å². The van der Waals surface area contributed by atoms with Crippen LogP contribution in [0.2, 0.25) is 0 Å². The monoisotopic (exact) mass is 259 g/mol. The molecule has 0 atom stereocenters. The maximum Gasteiger partial charge on any atom is 0.151 e. The molecule has 0 amide bonds. The van der Waals surface area contributed by atoms with E-state index in [0.717, 1.165) is 36.7 Å². The number of aromatic nitrogens is 4. The number of nitrogens with zero attached hydrogens (tertiary/aromatic N) is 4. The molecule has 5 heteroatoms. The fraction of sp³-hybridized carbons (Fsp3) is 0.500. The quantitative estimate of drug-likeness (QED) is 0.894. The molecule has 1 N–H and O–H groups in total. The predicted octanol–water partition coefficient (Wildman–Crippen LogP) is 2.24. The second-order valence-electron chi connectivity index (χ2n) is 4.80. The van der Waals surface area contributed by atoms with Gasteiger partial charge in [0.05, 0.1) is 12.1 Å². The average molecular weight is 259 g/mol. The summed E-state index contributed by atoms with van der Waals surface area (Å²) < 4.78 is 2.01. The van der Waals surface area contributed by atoms with Gasteiger partial charge in [0.25, 0.3) is 0 Å². The van der Waals surface area contributed by atoms with Gasteiger partial charge in [0.2, 0.25) is 0 Å².